The van der Waals surface area contributed by atoms with Gasteiger partial charge in [0, 0.05) is 11.5 Å². The van der Waals surface area contributed by atoms with Gasteiger partial charge in [-0.3, -0.25) is 0 Å². The molecule has 0 aromatic heterocycles. The quantitative estimate of drug-likeness (QED) is 0.0519. The van der Waals surface area contributed by atoms with Crippen LogP contribution in [0.5, 0.6) is 0 Å². The molecule has 0 N–H and O–H groups in total. The van der Waals surface area contributed by atoms with Crippen LogP contribution in [0.2, 0.25) is 0 Å². The minimum atomic E-state index is 1.34. The molecule has 0 aromatic carbocycles. The fraction of sp³-hybridized carbons (Fsp3) is 1.00. The topological polar surface area (TPSA) is 0 Å². The average Bonchev–Trinajstić information content (AvgIpc) is 2.93. The summed E-state index contributed by atoms with van der Waals surface area (Å²) < 4.78 is 0. The molecule has 0 aliphatic heterocycles. The number of hydrogen-bond acceptors (Lipinski definition) is 4. The normalized spacial score (nSPS) is 11.5. The minimum absolute atomic E-state index is 1.34. The van der Waals surface area contributed by atoms with E-state index >= 15 is 0 Å². The van der Waals surface area contributed by atoms with Crippen LogP contribution in [0.1, 0.15) is 206 Å². The Kier molecular flexibility index (Phi) is 39.8. The Morgan fingerprint density at radius 1 is 0.237 bits per heavy atom. The maximum atomic E-state index is 2.31. The summed E-state index contributed by atoms with van der Waals surface area (Å²) in [5.74, 6) is 2.69. The van der Waals surface area contributed by atoms with Gasteiger partial charge in [0.15, 0.2) is 0 Å². The van der Waals surface area contributed by atoms with Crippen LogP contribution in [0, 0.1) is 0 Å². The van der Waals surface area contributed by atoms with Gasteiger partial charge in [-0.15, -0.1) is 0 Å². The molecule has 230 valence electrons. The second-order valence-electron chi connectivity index (χ2n) is 11.7. The predicted molar refractivity (Wildman–Crippen MR) is 190 cm³/mol. The maximum Gasteiger partial charge on any atom is 0.00454 e. The van der Waals surface area contributed by atoms with Gasteiger partial charge >= 0.3 is 0 Å². The molecule has 0 aliphatic carbocycles. The number of hydrogen-bond donors (Lipinski definition) is 0. The Hall–Kier alpha value is 1.40. The SMILES string of the molecule is CCCCCCCCCCCCCCCCCSSSSCCCCCCCCCCCCCCCCC. The van der Waals surface area contributed by atoms with Gasteiger partial charge < -0.3 is 0 Å². The molecular weight excluding hydrogens is 537 g/mol. The first-order valence-electron chi connectivity index (χ1n) is 17.5. The molecule has 0 amide bonds. The molecule has 0 nitrogen and oxygen atoms in total. The first-order chi connectivity index (χ1) is 18.9. The van der Waals surface area contributed by atoms with Gasteiger partial charge in [-0.25, -0.2) is 0 Å². The zero-order valence-electron chi connectivity index (χ0n) is 26.3. The van der Waals surface area contributed by atoms with Crippen molar-refractivity contribution in [3.63, 3.8) is 0 Å². The van der Waals surface area contributed by atoms with Crippen LogP contribution in [0.15, 0.2) is 0 Å². The summed E-state index contributed by atoms with van der Waals surface area (Å²) in [4.78, 5) is 0. The molecule has 0 aliphatic rings. The maximum absolute atomic E-state index is 2.31. The van der Waals surface area contributed by atoms with Crippen molar-refractivity contribution in [1.29, 1.82) is 0 Å². The lowest BCUT2D eigenvalue weighted by atomic mass is 10.0. The third kappa shape index (κ3) is 37.4. The van der Waals surface area contributed by atoms with Crippen molar-refractivity contribution in [2.75, 3.05) is 11.5 Å². The summed E-state index contributed by atoms with van der Waals surface area (Å²) in [6, 6.07) is 0. The summed E-state index contributed by atoms with van der Waals surface area (Å²) in [7, 11) is 8.22. The van der Waals surface area contributed by atoms with Crippen molar-refractivity contribution >= 4 is 41.2 Å². The zero-order valence-corrected chi connectivity index (χ0v) is 29.5. The van der Waals surface area contributed by atoms with Gasteiger partial charge in [0.1, 0.15) is 0 Å². The molecule has 38 heavy (non-hydrogen) atoms. The minimum Gasteiger partial charge on any atom is -0.0817 e. The molecule has 0 unspecified atom stereocenters. The van der Waals surface area contributed by atoms with Crippen LogP contribution >= 0.6 is 41.2 Å². The van der Waals surface area contributed by atoms with E-state index in [1.165, 1.54) is 204 Å². The van der Waals surface area contributed by atoms with E-state index in [0.717, 1.165) is 0 Å². The Morgan fingerprint density at radius 3 is 0.632 bits per heavy atom. The largest absolute Gasteiger partial charge is 0.0817 e. The summed E-state index contributed by atoms with van der Waals surface area (Å²) >= 11 is 0. The predicted octanol–water partition coefficient (Wildman–Crippen LogP) is 15.4. The second kappa shape index (κ2) is 38.4. The van der Waals surface area contributed by atoms with Crippen molar-refractivity contribution in [1.82, 2.24) is 0 Å². The molecule has 0 spiro atoms. The molecule has 0 fully saturated rings. The van der Waals surface area contributed by atoms with Crippen LogP contribution in [0.3, 0.4) is 0 Å². The fourth-order valence-corrected chi connectivity index (χ4v) is 11.4. The first kappa shape index (κ1) is 39.4. The van der Waals surface area contributed by atoms with Crippen molar-refractivity contribution in [2.24, 2.45) is 0 Å². The van der Waals surface area contributed by atoms with E-state index in [0.29, 0.717) is 0 Å². The van der Waals surface area contributed by atoms with Crippen LogP contribution in [-0.4, -0.2) is 11.5 Å². The van der Waals surface area contributed by atoms with E-state index in [1.54, 1.807) is 0 Å². The van der Waals surface area contributed by atoms with E-state index in [-0.39, 0.29) is 0 Å². The molecule has 4 heteroatoms. The third-order valence-corrected chi connectivity index (χ3v) is 14.4. The van der Waals surface area contributed by atoms with Gasteiger partial charge in [-0.05, 0) is 32.5 Å². The third-order valence-electron chi connectivity index (χ3n) is 7.79. The summed E-state index contributed by atoms with van der Waals surface area (Å²) in [5, 5.41) is 0. The van der Waals surface area contributed by atoms with E-state index in [4.69, 9.17) is 0 Å². The van der Waals surface area contributed by atoms with Gasteiger partial charge in [0.2, 0.25) is 0 Å². The van der Waals surface area contributed by atoms with E-state index < -0.39 is 0 Å². The van der Waals surface area contributed by atoms with Crippen molar-refractivity contribution in [3.05, 3.63) is 0 Å². The van der Waals surface area contributed by atoms with Crippen molar-refractivity contribution < 1.29 is 0 Å². The standard InChI is InChI=1S/C34H70S4/c1-3-5-7-9-11-13-15-17-19-21-23-25-27-29-31-33-35-37-38-36-34-32-30-28-26-24-22-20-18-16-14-12-10-8-6-4-2/h3-34H2,1-2H3. The Labute approximate surface area is 257 Å². The highest BCUT2D eigenvalue weighted by Crippen LogP contribution is 2.43. The molecule has 0 atom stereocenters. The van der Waals surface area contributed by atoms with Crippen molar-refractivity contribution in [2.45, 2.75) is 206 Å². The van der Waals surface area contributed by atoms with Crippen LogP contribution in [0.4, 0.5) is 0 Å². The molecule has 0 heterocycles. The first-order valence-corrected chi connectivity index (χ1v) is 22.6. The van der Waals surface area contributed by atoms with E-state index in [1.807, 2.05) is 19.7 Å². The summed E-state index contributed by atoms with van der Waals surface area (Å²) in [5.41, 5.74) is 0. The Bertz CT molecular complexity index is 355. The molecular formula is C34H70S4. The lowest BCUT2D eigenvalue weighted by molar-refractivity contribution is 0.535. The summed E-state index contributed by atoms with van der Waals surface area (Å²) in [6.45, 7) is 4.61. The molecule has 0 radical (unpaired) electrons. The lowest BCUT2D eigenvalue weighted by Gasteiger charge is -2.04. The molecule has 0 rings (SSSR count). The van der Waals surface area contributed by atoms with Crippen LogP contribution in [-0.2, 0) is 0 Å². The van der Waals surface area contributed by atoms with E-state index in [2.05, 4.69) is 35.4 Å². The molecule has 0 bridgehead atoms. The highest BCUT2D eigenvalue weighted by molar-refractivity contribution is 9.26. The zero-order chi connectivity index (χ0) is 27.5. The average molecular weight is 607 g/mol. The fourth-order valence-electron chi connectivity index (χ4n) is 5.17. The second-order valence-corrected chi connectivity index (χ2v) is 17.9. The number of rotatable bonds is 35. The monoisotopic (exact) mass is 606 g/mol. The van der Waals surface area contributed by atoms with Crippen LogP contribution in [0.25, 0.3) is 0 Å². The highest BCUT2D eigenvalue weighted by Gasteiger charge is 1.98. The molecule has 0 saturated heterocycles. The van der Waals surface area contributed by atoms with Crippen molar-refractivity contribution in [3.8, 4) is 0 Å². The Morgan fingerprint density at radius 2 is 0.421 bits per heavy atom. The van der Waals surface area contributed by atoms with Gasteiger partial charge in [-0.1, -0.05) is 215 Å². The highest BCUT2D eigenvalue weighted by atomic mass is 33.7. The smallest absolute Gasteiger partial charge is 0.00454 e. The molecule has 0 saturated carbocycles. The van der Waals surface area contributed by atoms with Gasteiger partial charge in [0.25, 0.3) is 0 Å². The van der Waals surface area contributed by atoms with Gasteiger partial charge in [-0.2, -0.15) is 0 Å². The van der Waals surface area contributed by atoms with E-state index in [9.17, 15) is 0 Å². The Balaban J connectivity index is 3.01. The van der Waals surface area contributed by atoms with Gasteiger partial charge in [0.05, 0.1) is 0 Å². The summed E-state index contributed by atoms with van der Waals surface area (Å²) in [6.07, 6.45) is 43.8. The molecule has 0 aromatic rings. The van der Waals surface area contributed by atoms with Crippen LogP contribution < -0.4 is 0 Å². The lowest BCUT2D eigenvalue weighted by Crippen LogP contribution is -1.84. The number of unbranched alkanes of at least 4 members (excludes halogenated alkanes) is 28.